The van der Waals surface area contributed by atoms with Crippen molar-refractivity contribution in [1.82, 2.24) is 14.2 Å². The highest BCUT2D eigenvalue weighted by atomic mass is 32.2. The van der Waals surface area contributed by atoms with Gasteiger partial charge in [0, 0.05) is 32.0 Å². The molecule has 156 valence electrons. The van der Waals surface area contributed by atoms with E-state index in [2.05, 4.69) is 10.3 Å². The normalized spacial score (nSPS) is 14.8. The lowest BCUT2D eigenvalue weighted by Crippen LogP contribution is -2.36. The number of hydrogen-bond donors (Lipinski definition) is 2. The highest BCUT2D eigenvalue weighted by Crippen LogP contribution is 2.18. The number of anilines is 1. The van der Waals surface area contributed by atoms with Gasteiger partial charge in [-0.3, -0.25) is 9.59 Å². The van der Waals surface area contributed by atoms with Crippen LogP contribution in [0.2, 0.25) is 0 Å². The first-order chi connectivity index (χ1) is 13.8. The Labute approximate surface area is 168 Å². The molecule has 1 aliphatic rings. The summed E-state index contributed by atoms with van der Waals surface area (Å²) in [5.74, 6) is -1.24. The van der Waals surface area contributed by atoms with E-state index in [-0.39, 0.29) is 16.5 Å². The Kier molecular flexibility index (Phi) is 6.33. The van der Waals surface area contributed by atoms with Crippen molar-refractivity contribution < 1.29 is 22.4 Å². The van der Waals surface area contributed by atoms with Crippen LogP contribution in [0.3, 0.4) is 0 Å². The third kappa shape index (κ3) is 5.01. The molecule has 0 aliphatic carbocycles. The van der Waals surface area contributed by atoms with Gasteiger partial charge in [-0.2, -0.15) is 4.31 Å². The van der Waals surface area contributed by atoms with E-state index < -0.39 is 28.3 Å². The van der Waals surface area contributed by atoms with E-state index >= 15 is 0 Å². The summed E-state index contributed by atoms with van der Waals surface area (Å²) in [6, 6.07) is 6.44. The van der Waals surface area contributed by atoms with Crippen molar-refractivity contribution in [2.24, 2.45) is 0 Å². The van der Waals surface area contributed by atoms with Crippen molar-refractivity contribution >= 4 is 27.5 Å². The van der Waals surface area contributed by atoms with Gasteiger partial charge >= 0.3 is 0 Å². The second-order valence-electron chi connectivity index (χ2n) is 6.92. The zero-order valence-electron chi connectivity index (χ0n) is 16.0. The molecule has 3 rings (SSSR count). The van der Waals surface area contributed by atoms with Crippen LogP contribution in [0.25, 0.3) is 0 Å². The van der Waals surface area contributed by atoms with Crippen LogP contribution in [0.15, 0.2) is 41.4 Å². The molecule has 1 saturated heterocycles. The molecule has 1 aliphatic heterocycles. The summed E-state index contributed by atoms with van der Waals surface area (Å²) in [6.07, 6.45) is 4.20. The van der Waals surface area contributed by atoms with Crippen molar-refractivity contribution in [3.63, 3.8) is 0 Å². The van der Waals surface area contributed by atoms with E-state index in [1.54, 1.807) is 4.90 Å². The third-order valence-corrected chi connectivity index (χ3v) is 6.51. The van der Waals surface area contributed by atoms with Crippen LogP contribution in [0.1, 0.15) is 29.8 Å². The van der Waals surface area contributed by atoms with Crippen LogP contribution in [-0.4, -0.2) is 61.1 Å². The molecule has 2 heterocycles. The van der Waals surface area contributed by atoms with Gasteiger partial charge in [0.1, 0.15) is 16.4 Å². The minimum absolute atomic E-state index is 0.0880. The molecule has 0 radical (unpaired) electrons. The quantitative estimate of drug-likeness (QED) is 0.744. The molecule has 1 fully saturated rings. The van der Waals surface area contributed by atoms with E-state index in [1.165, 1.54) is 43.6 Å². The molecule has 0 unspecified atom stereocenters. The summed E-state index contributed by atoms with van der Waals surface area (Å²) in [7, 11) is -2.69. The van der Waals surface area contributed by atoms with E-state index in [4.69, 9.17) is 0 Å². The number of carbonyl (C=O) groups is 2. The molecule has 0 spiro atoms. The molecule has 2 N–H and O–H groups in total. The molecule has 10 heteroatoms. The van der Waals surface area contributed by atoms with Crippen molar-refractivity contribution in [2.45, 2.75) is 24.2 Å². The molecular weight excluding hydrogens is 399 g/mol. The second-order valence-corrected chi connectivity index (χ2v) is 8.96. The number of aromatic amines is 1. The van der Waals surface area contributed by atoms with Crippen LogP contribution in [0.4, 0.5) is 10.1 Å². The summed E-state index contributed by atoms with van der Waals surface area (Å²) in [4.78, 5) is 29.0. The first-order valence-corrected chi connectivity index (χ1v) is 10.7. The Morgan fingerprint density at radius 2 is 1.83 bits per heavy atom. The van der Waals surface area contributed by atoms with Crippen molar-refractivity contribution in [3.05, 3.63) is 48.0 Å². The van der Waals surface area contributed by atoms with Crippen molar-refractivity contribution in [1.29, 1.82) is 0 Å². The average Bonchev–Trinajstić information content (AvgIpc) is 3.21. The number of likely N-dealkylation sites (tertiary alicyclic amines) is 1. The average molecular weight is 422 g/mol. The molecule has 0 atom stereocenters. The number of nitrogens with zero attached hydrogens (tertiary/aromatic N) is 2. The smallest absolute Gasteiger partial charge is 0.270 e. The highest BCUT2D eigenvalue weighted by Gasteiger charge is 2.27. The van der Waals surface area contributed by atoms with E-state index in [0.717, 1.165) is 23.6 Å². The summed E-state index contributed by atoms with van der Waals surface area (Å²) in [5.41, 5.74) is 0.563. The monoisotopic (exact) mass is 422 g/mol. The number of halogens is 1. The molecule has 1 aromatic heterocycles. The van der Waals surface area contributed by atoms with Crippen LogP contribution < -0.4 is 5.32 Å². The zero-order valence-corrected chi connectivity index (χ0v) is 16.8. The van der Waals surface area contributed by atoms with Gasteiger partial charge in [-0.15, -0.1) is 0 Å². The topological polar surface area (TPSA) is 103 Å². The minimum atomic E-state index is -3.97. The zero-order chi connectivity index (χ0) is 21.0. The van der Waals surface area contributed by atoms with Gasteiger partial charge in [-0.25, -0.2) is 12.8 Å². The number of likely N-dealkylation sites (N-methyl/N-ethyl adjacent to an activating group) is 1. The molecule has 0 saturated carbocycles. The second kappa shape index (κ2) is 8.75. The summed E-state index contributed by atoms with van der Waals surface area (Å²) in [5, 5.41) is 2.51. The lowest BCUT2D eigenvalue weighted by atomic mass is 10.1. The van der Waals surface area contributed by atoms with Gasteiger partial charge in [0.15, 0.2) is 0 Å². The Morgan fingerprint density at radius 1 is 1.17 bits per heavy atom. The Bertz CT molecular complexity index is 982. The van der Waals surface area contributed by atoms with Gasteiger partial charge in [0.2, 0.25) is 15.9 Å². The molecule has 1 aromatic carbocycles. The number of hydrogen-bond acceptors (Lipinski definition) is 4. The Hall–Kier alpha value is -2.72. The number of rotatable bonds is 6. The molecule has 0 bridgehead atoms. The van der Waals surface area contributed by atoms with Crippen LogP contribution in [0, 0.1) is 5.82 Å². The van der Waals surface area contributed by atoms with Crippen LogP contribution >= 0.6 is 0 Å². The minimum Gasteiger partial charge on any atom is -0.356 e. The van der Waals surface area contributed by atoms with E-state index in [0.29, 0.717) is 18.8 Å². The van der Waals surface area contributed by atoms with Crippen molar-refractivity contribution in [3.8, 4) is 0 Å². The van der Waals surface area contributed by atoms with Crippen LogP contribution in [0.5, 0.6) is 0 Å². The summed E-state index contributed by atoms with van der Waals surface area (Å²) < 4.78 is 39.3. The van der Waals surface area contributed by atoms with Gasteiger partial charge in [0.05, 0.1) is 6.54 Å². The lowest BCUT2D eigenvalue weighted by molar-refractivity contribution is -0.116. The maximum atomic E-state index is 12.9. The summed E-state index contributed by atoms with van der Waals surface area (Å²) >= 11 is 0. The maximum absolute atomic E-state index is 12.9. The number of carbonyl (C=O) groups excluding carboxylic acids is 2. The molecule has 2 aromatic rings. The highest BCUT2D eigenvalue weighted by molar-refractivity contribution is 7.89. The van der Waals surface area contributed by atoms with E-state index in [9.17, 15) is 22.4 Å². The number of H-pyrrole nitrogens is 1. The first kappa shape index (κ1) is 21.0. The van der Waals surface area contributed by atoms with Gasteiger partial charge in [-0.1, -0.05) is 0 Å². The van der Waals surface area contributed by atoms with Gasteiger partial charge in [-0.05, 0) is 49.6 Å². The fraction of sp³-hybridized carbons (Fsp3) is 0.368. The molecule has 8 nitrogen and oxygen atoms in total. The Balaban J connectivity index is 1.64. The predicted octanol–water partition coefficient (Wildman–Crippen LogP) is 2.04. The Morgan fingerprint density at radius 3 is 2.48 bits per heavy atom. The number of sulfonamides is 1. The molecule has 29 heavy (non-hydrogen) atoms. The van der Waals surface area contributed by atoms with E-state index in [1.807, 2.05) is 0 Å². The SMILES string of the molecule is CN(CC(=O)Nc1ccc(F)cc1)S(=O)(=O)c1c[nH]c(C(=O)N2CCCCC2)c1. The number of aromatic nitrogens is 1. The number of benzene rings is 1. The van der Waals surface area contributed by atoms with Gasteiger partial charge < -0.3 is 15.2 Å². The van der Waals surface area contributed by atoms with Crippen molar-refractivity contribution in [2.75, 3.05) is 32.0 Å². The van der Waals surface area contributed by atoms with Crippen LogP contribution in [-0.2, 0) is 14.8 Å². The standard InChI is InChI=1S/C19H23FN4O4S/c1-23(13-18(25)22-15-7-5-14(20)6-8-15)29(27,28)16-11-17(21-12-16)19(26)24-9-3-2-4-10-24/h5-8,11-12,21H,2-4,9-10,13H2,1H3,(H,22,25). The largest absolute Gasteiger partial charge is 0.356 e. The number of nitrogens with one attached hydrogen (secondary N) is 2. The summed E-state index contributed by atoms with van der Waals surface area (Å²) in [6.45, 7) is 0.882. The molecule has 2 amide bonds. The first-order valence-electron chi connectivity index (χ1n) is 9.27. The lowest BCUT2D eigenvalue weighted by Gasteiger charge is -2.26. The van der Waals surface area contributed by atoms with Gasteiger partial charge in [0.25, 0.3) is 5.91 Å². The molecular formula is C19H23FN4O4S. The number of amides is 2. The maximum Gasteiger partial charge on any atom is 0.270 e. The third-order valence-electron chi connectivity index (χ3n) is 4.73. The number of piperidine rings is 1. The predicted molar refractivity (Wildman–Crippen MR) is 105 cm³/mol. The fourth-order valence-corrected chi connectivity index (χ4v) is 4.24. The fourth-order valence-electron chi connectivity index (χ4n) is 3.12.